The zero-order valence-electron chi connectivity index (χ0n) is 10.3. The Bertz CT molecular complexity index is 229. The Labute approximate surface area is 93.9 Å². The SMILES string of the molecule is C=C/C(=C\C(=C)CC)OCCCN(C)C. The molecule has 0 aromatic heterocycles. The van der Waals surface area contributed by atoms with Crippen LogP contribution in [-0.2, 0) is 4.74 Å². The molecule has 2 heteroatoms. The van der Waals surface area contributed by atoms with Gasteiger partial charge in [0.2, 0.25) is 0 Å². The Kier molecular flexibility index (Phi) is 7.74. The summed E-state index contributed by atoms with van der Waals surface area (Å²) in [5.41, 5.74) is 1.07. The molecule has 2 nitrogen and oxygen atoms in total. The molecule has 15 heavy (non-hydrogen) atoms. The largest absolute Gasteiger partial charge is 0.494 e. The van der Waals surface area contributed by atoms with Crippen molar-refractivity contribution in [1.82, 2.24) is 4.90 Å². The second kappa shape index (κ2) is 8.30. The molecule has 0 heterocycles. The van der Waals surface area contributed by atoms with Crippen LogP contribution in [0, 0.1) is 0 Å². The Morgan fingerprint density at radius 1 is 1.40 bits per heavy atom. The minimum Gasteiger partial charge on any atom is -0.494 e. The second-order valence-corrected chi connectivity index (χ2v) is 3.77. The number of rotatable bonds is 8. The van der Waals surface area contributed by atoms with Gasteiger partial charge in [-0.05, 0) is 39.1 Å². The highest BCUT2D eigenvalue weighted by Crippen LogP contribution is 2.07. The van der Waals surface area contributed by atoms with E-state index < -0.39 is 0 Å². The fourth-order valence-electron chi connectivity index (χ4n) is 1.03. The van der Waals surface area contributed by atoms with E-state index in [1.165, 1.54) is 0 Å². The molecular formula is C13H23NO. The molecule has 0 bridgehead atoms. The first-order valence-corrected chi connectivity index (χ1v) is 5.39. The third kappa shape index (κ3) is 8.01. The van der Waals surface area contributed by atoms with Gasteiger partial charge in [-0.15, -0.1) is 0 Å². The van der Waals surface area contributed by atoms with E-state index >= 15 is 0 Å². The van der Waals surface area contributed by atoms with Gasteiger partial charge < -0.3 is 9.64 Å². The Hall–Kier alpha value is -1.02. The van der Waals surface area contributed by atoms with Gasteiger partial charge in [0.15, 0.2) is 0 Å². The van der Waals surface area contributed by atoms with Gasteiger partial charge in [-0.1, -0.05) is 25.7 Å². The minimum absolute atomic E-state index is 0.729. The maximum atomic E-state index is 5.57. The highest BCUT2D eigenvalue weighted by atomic mass is 16.5. The van der Waals surface area contributed by atoms with Crippen LogP contribution in [0.1, 0.15) is 19.8 Å². The predicted octanol–water partition coefficient (Wildman–Crippen LogP) is 2.99. The first kappa shape index (κ1) is 14.0. The van der Waals surface area contributed by atoms with Crippen molar-refractivity contribution < 1.29 is 4.74 Å². The van der Waals surface area contributed by atoms with Crippen LogP contribution in [-0.4, -0.2) is 32.1 Å². The van der Waals surface area contributed by atoms with Gasteiger partial charge in [-0.3, -0.25) is 0 Å². The van der Waals surface area contributed by atoms with Crippen LogP contribution in [0.15, 0.2) is 36.6 Å². The summed E-state index contributed by atoms with van der Waals surface area (Å²) in [6, 6.07) is 0. The van der Waals surface area contributed by atoms with Gasteiger partial charge in [0, 0.05) is 6.54 Å². The summed E-state index contributed by atoms with van der Waals surface area (Å²) in [7, 11) is 4.12. The summed E-state index contributed by atoms with van der Waals surface area (Å²) in [5, 5.41) is 0. The first-order valence-electron chi connectivity index (χ1n) is 5.39. The molecule has 0 unspecified atom stereocenters. The van der Waals surface area contributed by atoms with Crippen molar-refractivity contribution in [3.8, 4) is 0 Å². The lowest BCUT2D eigenvalue weighted by Crippen LogP contribution is -2.14. The highest BCUT2D eigenvalue weighted by molar-refractivity contribution is 5.22. The van der Waals surface area contributed by atoms with E-state index in [2.05, 4.69) is 39.1 Å². The van der Waals surface area contributed by atoms with Crippen molar-refractivity contribution in [2.45, 2.75) is 19.8 Å². The van der Waals surface area contributed by atoms with E-state index in [1.54, 1.807) is 6.08 Å². The molecule has 0 spiro atoms. The fourth-order valence-corrected chi connectivity index (χ4v) is 1.03. The molecule has 0 aliphatic heterocycles. The summed E-state index contributed by atoms with van der Waals surface area (Å²) in [5.74, 6) is 0.820. The van der Waals surface area contributed by atoms with Crippen molar-refractivity contribution in [3.63, 3.8) is 0 Å². The van der Waals surface area contributed by atoms with Gasteiger partial charge >= 0.3 is 0 Å². The monoisotopic (exact) mass is 209 g/mol. The molecule has 0 rings (SSSR count). The quantitative estimate of drug-likeness (QED) is 0.346. The zero-order valence-corrected chi connectivity index (χ0v) is 10.3. The first-order chi connectivity index (χ1) is 7.10. The number of hydrogen-bond acceptors (Lipinski definition) is 2. The normalized spacial score (nSPS) is 11.6. The fraction of sp³-hybridized carbons (Fsp3) is 0.538. The summed E-state index contributed by atoms with van der Waals surface area (Å²) in [4.78, 5) is 2.14. The van der Waals surface area contributed by atoms with Crippen molar-refractivity contribution >= 4 is 0 Å². The van der Waals surface area contributed by atoms with Crippen molar-refractivity contribution in [2.24, 2.45) is 0 Å². The minimum atomic E-state index is 0.729. The number of hydrogen-bond donors (Lipinski definition) is 0. The lowest BCUT2D eigenvalue weighted by atomic mass is 10.2. The maximum absolute atomic E-state index is 5.57. The van der Waals surface area contributed by atoms with Gasteiger partial charge in [0.05, 0.1) is 6.61 Å². The van der Waals surface area contributed by atoms with Crippen molar-refractivity contribution in [1.29, 1.82) is 0 Å². The number of allylic oxidation sites excluding steroid dienone is 3. The van der Waals surface area contributed by atoms with E-state index in [4.69, 9.17) is 4.74 Å². The Morgan fingerprint density at radius 2 is 2.07 bits per heavy atom. The molecular weight excluding hydrogens is 186 g/mol. The van der Waals surface area contributed by atoms with E-state index in [-0.39, 0.29) is 0 Å². The zero-order chi connectivity index (χ0) is 11.7. The van der Waals surface area contributed by atoms with Crippen LogP contribution in [0.2, 0.25) is 0 Å². The van der Waals surface area contributed by atoms with Gasteiger partial charge in [-0.2, -0.15) is 0 Å². The third-order valence-corrected chi connectivity index (χ3v) is 2.02. The molecule has 0 aliphatic carbocycles. The van der Waals surface area contributed by atoms with Crippen molar-refractivity contribution in [3.05, 3.63) is 36.6 Å². The van der Waals surface area contributed by atoms with E-state index in [9.17, 15) is 0 Å². The molecule has 86 valence electrons. The Balaban J connectivity index is 3.85. The lowest BCUT2D eigenvalue weighted by molar-refractivity contribution is 0.207. The molecule has 0 aromatic rings. The lowest BCUT2D eigenvalue weighted by Gasteiger charge is -2.11. The highest BCUT2D eigenvalue weighted by Gasteiger charge is 1.95. The molecule has 0 N–H and O–H groups in total. The van der Waals surface area contributed by atoms with Crippen LogP contribution in [0.4, 0.5) is 0 Å². The van der Waals surface area contributed by atoms with E-state index in [0.29, 0.717) is 0 Å². The summed E-state index contributed by atoms with van der Waals surface area (Å²) in [6.07, 6.45) is 5.65. The molecule has 0 aromatic carbocycles. The summed E-state index contributed by atoms with van der Waals surface area (Å²) < 4.78 is 5.57. The van der Waals surface area contributed by atoms with Gasteiger partial charge in [0.25, 0.3) is 0 Å². The summed E-state index contributed by atoms with van der Waals surface area (Å²) >= 11 is 0. The smallest absolute Gasteiger partial charge is 0.118 e. The average molecular weight is 209 g/mol. The molecule has 0 radical (unpaired) electrons. The summed E-state index contributed by atoms with van der Waals surface area (Å²) in [6.45, 7) is 11.5. The van der Waals surface area contributed by atoms with Crippen LogP contribution in [0.25, 0.3) is 0 Å². The Morgan fingerprint density at radius 3 is 2.53 bits per heavy atom. The number of nitrogens with zero attached hydrogens (tertiary/aromatic N) is 1. The van der Waals surface area contributed by atoms with Gasteiger partial charge in [0.1, 0.15) is 5.76 Å². The molecule has 0 saturated heterocycles. The standard InChI is InChI=1S/C13H23NO/c1-6-12(3)11-13(7-2)15-10-8-9-14(4)5/h7,11H,2-3,6,8-10H2,1,4-5H3/b13-11+. The molecule has 0 saturated carbocycles. The maximum Gasteiger partial charge on any atom is 0.118 e. The van der Waals surface area contributed by atoms with Crippen LogP contribution >= 0.6 is 0 Å². The number of ether oxygens (including phenoxy) is 1. The predicted molar refractivity (Wildman–Crippen MR) is 66.8 cm³/mol. The molecule has 0 aliphatic rings. The van der Waals surface area contributed by atoms with E-state index in [1.807, 2.05) is 6.08 Å². The average Bonchev–Trinajstić information content (AvgIpc) is 2.21. The van der Waals surface area contributed by atoms with Crippen LogP contribution < -0.4 is 0 Å². The molecule has 0 atom stereocenters. The second-order valence-electron chi connectivity index (χ2n) is 3.77. The molecule has 0 amide bonds. The topological polar surface area (TPSA) is 12.5 Å². The van der Waals surface area contributed by atoms with E-state index in [0.717, 1.165) is 37.3 Å². The van der Waals surface area contributed by atoms with Gasteiger partial charge in [-0.25, -0.2) is 0 Å². The third-order valence-electron chi connectivity index (χ3n) is 2.02. The van der Waals surface area contributed by atoms with Crippen molar-refractivity contribution in [2.75, 3.05) is 27.2 Å². The van der Waals surface area contributed by atoms with Crippen LogP contribution in [0.5, 0.6) is 0 Å². The van der Waals surface area contributed by atoms with Crippen LogP contribution in [0.3, 0.4) is 0 Å². The molecule has 0 fully saturated rings.